The Morgan fingerprint density at radius 1 is 1.36 bits per heavy atom. The average Bonchev–Trinajstić information content (AvgIpc) is 3.41. The number of aryl methyl sites for hydroxylation is 2. The largest absolute Gasteiger partial charge is 0.367 e. The van der Waals surface area contributed by atoms with Gasteiger partial charge >= 0.3 is 0 Å². The van der Waals surface area contributed by atoms with Crippen LogP contribution in [0.25, 0.3) is 11.0 Å². The van der Waals surface area contributed by atoms with Crippen LogP contribution in [0.5, 0.6) is 0 Å². The summed E-state index contributed by atoms with van der Waals surface area (Å²) >= 11 is 0. The number of nitrogens with one attached hydrogen (secondary N) is 1. The summed E-state index contributed by atoms with van der Waals surface area (Å²) in [7, 11) is 3.86. The number of pyridine rings is 1. The SMILES string of the molecule is CCc1cc(F)ccc1N(C)c1cc2c(ncn2C)c(NCC2(C=O)CC2)n1. The molecule has 3 aromatic rings. The van der Waals surface area contributed by atoms with Crippen molar-refractivity contribution in [3.05, 3.63) is 42.0 Å². The zero-order valence-electron chi connectivity index (χ0n) is 16.4. The number of benzene rings is 1. The molecule has 0 radical (unpaired) electrons. The van der Waals surface area contributed by atoms with Crippen molar-refractivity contribution >= 4 is 34.6 Å². The molecule has 0 aliphatic heterocycles. The average molecular weight is 381 g/mol. The second kappa shape index (κ2) is 6.89. The molecule has 0 amide bonds. The van der Waals surface area contributed by atoms with Gasteiger partial charge < -0.3 is 19.6 Å². The van der Waals surface area contributed by atoms with E-state index in [1.807, 2.05) is 36.6 Å². The number of hydrogen-bond donors (Lipinski definition) is 1. The van der Waals surface area contributed by atoms with Crippen LogP contribution in [-0.2, 0) is 18.3 Å². The number of carbonyl (C=O) groups excluding carboxylic acids is 1. The van der Waals surface area contributed by atoms with E-state index in [9.17, 15) is 9.18 Å². The number of fused-ring (bicyclic) bond motifs is 1. The molecule has 4 rings (SSSR count). The summed E-state index contributed by atoms with van der Waals surface area (Å²) in [5.41, 5.74) is 3.28. The summed E-state index contributed by atoms with van der Waals surface area (Å²) in [5, 5.41) is 3.33. The lowest BCUT2D eigenvalue weighted by Crippen LogP contribution is -2.19. The first-order valence-corrected chi connectivity index (χ1v) is 9.51. The van der Waals surface area contributed by atoms with E-state index in [0.717, 1.165) is 53.7 Å². The van der Waals surface area contributed by atoms with Crippen LogP contribution in [-0.4, -0.2) is 34.4 Å². The molecule has 0 bridgehead atoms. The molecule has 0 unspecified atom stereocenters. The number of aromatic nitrogens is 3. The van der Waals surface area contributed by atoms with E-state index in [1.54, 1.807) is 18.5 Å². The number of anilines is 3. The van der Waals surface area contributed by atoms with Crippen LogP contribution in [0.4, 0.5) is 21.7 Å². The Balaban J connectivity index is 1.74. The highest BCUT2D eigenvalue weighted by molar-refractivity contribution is 5.89. The number of rotatable bonds is 7. The van der Waals surface area contributed by atoms with E-state index < -0.39 is 0 Å². The van der Waals surface area contributed by atoms with Gasteiger partial charge in [0.15, 0.2) is 5.82 Å². The molecule has 1 saturated carbocycles. The van der Waals surface area contributed by atoms with Crippen molar-refractivity contribution in [2.24, 2.45) is 12.5 Å². The Morgan fingerprint density at radius 3 is 2.82 bits per heavy atom. The van der Waals surface area contributed by atoms with Crippen molar-refractivity contribution in [3.8, 4) is 0 Å². The number of carbonyl (C=O) groups is 1. The molecule has 146 valence electrons. The van der Waals surface area contributed by atoms with Crippen LogP contribution in [0.2, 0.25) is 0 Å². The van der Waals surface area contributed by atoms with Crippen molar-refractivity contribution < 1.29 is 9.18 Å². The third kappa shape index (κ3) is 3.21. The van der Waals surface area contributed by atoms with Gasteiger partial charge in [-0.3, -0.25) is 0 Å². The molecule has 1 aromatic carbocycles. The molecule has 7 heteroatoms. The monoisotopic (exact) mass is 381 g/mol. The minimum atomic E-state index is -0.267. The quantitative estimate of drug-likeness (QED) is 0.630. The van der Waals surface area contributed by atoms with Gasteiger partial charge in [-0.25, -0.2) is 14.4 Å². The predicted octanol–water partition coefficient (Wildman–Crippen LogP) is 3.83. The lowest BCUT2D eigenvalue weighted by atomic mass is 10.1. The Labute approximate surface area is 163 Å². The Kier molecular flexibility index (Phi) is 4.53. The van der Waals surface area contributed by atoms with Crippen molar-refractivity contribution in [1.29, 1.82) is 0 Å². The van der Waals surface area contributed by atoms with Gasteiger partial charge in [-0.1, -0.05) is 6.92 Å². The van der Waals surface area contributed by atoms with Gasteiger partial charge in [0, 0.05) is 37.8 Å². The van der Waals surface area contributed by atoms with Crippen molar-refractivity contribution in [3.63, 3.8) is 0 Å². The summed E-state index contributed by atoms with van der Waals surface area (Å²) in [6.45, 7) is 2.56. The maximum absolute atomic E-state index is 13.7. The van der Waals surface area contributed by atoms with Crippen molar-refractivity contribution in [2.75, 3.05) is 23.8 Å². The molecule has 6 nitrogen and oxygen atoms in total. The lowest BCUT2D eigenvalue weighted by Gasteiger charge is -2.22. The van der Waals surface area contributed by atoms with E-state index >= 15 is 0 Å². The van der Waals surface area contributed by atoms with E-state index in [0.29, 0.717) is 12.4 Å². The first kappa shape index (κ1) is 18.4. The Morgan fingerprint density at radius 2 is 2.14 bits per heavy atom. The van der Waals surface area contributed by atoms with Gasteiger partial charge in [-0.15, -0.1) is 0 Å². The van der Waals surface area contributed by atoms with Crippen molar-refractivity contribution in [2.45, 2.75) is 26.2 Å². The first-order valence-electron chi connectivity index (χ1n) is 9.51. The molecule has 1 aliphatic carbocycles. The highest BCUT2D eigenvalue weighted by Crippen LogP contribution is 2.43. The molecule has 0 atom stereocenters. The highest BCUT2D eigenvalue weighted by Gasteiger charge is 2.42. The molecular formula is C21H24FN5O. The van der Waals surface area contributed by atoms with Crippen molar-refractivity contribution in [1.82, 2.24) is 14.5 Å². The smallest absolute Gasteiger partial charge is 0.156 e. The molecule has 28 heavy (non-hydrogen) atoms. The van der Waals surface area contributed by atoms with Gasteiger partial charge in [0.2, 0.25) is 0 Å². The van der Waals surface area contributed by atoms with E-state index in [1.165, 1.54) is 6.07 Å². The number of hydrogen-bond acceptors (Lipinski definition) is 5. The number of aldehydes is 1. The summed E-state index contributed by atoms with van der Waals surface area (Å²) in [6, 6.07) is 6.78. The summed E-state index contributed by atoms with van der Waals surface area (Å²) in [4.78, 5) is 22.5. The minimum absolute atomic E-state index is 0.241. The van der Waals surface area contributed by atoms with Gasteiger partial charge in [0.1, 0.15) is 23.4 Å². The molecule has 1 fully saturated rings. The fourth-order valence-corrected chi connectivity index (χ4v) is 3.45. The molecule has 0 saturated heterocycles. The standard InChI is InChI=1S/C21H24FN5O/c1-4-14-9-15(22)5-6-16(14)27(3)18-10-17-19(24-13-26(17)2)20(25-18)23-11-21(12-28)7-8-21/h5-6,9-10,12-13H,4,7-8,11H2,1-3H3,(H,23,25). The maximum Gasteiger partial charge on any atom is 0.156 e. The van der Waals surface area contributed by atoms with Crippen LogP contribution in [0.1, 0.15) is 25.3 Å². The Hall–Kier alpha value is -2.96. The summed E-state index contributed by atoms with van der Waals surface area (Å²) < 4.78 is 15.6. The molecule has 0 spiro atoms. The fraction of sp³-hybridized carbons (Fsp3) is 0.381. The second-order valence-electron chi connectivity index (χ2n) is 7.57. The van der Waals surface area contributed by atoms with Gasteiger partial charge in [-0.05, 0) is 43.0 Å². The normalized spacial score (nSPS) is 14.9. The number of halogens is 1. The van der Waals surface area contributed by atoms with Crippen LogP contribution in [0.15, 0.2) is 30.6 Å². The maximum atomic E-state index is 13.7. The van der Waals surface area contributed by atoms with Gasteiger partial charge in [0.25, 0.3) is 0 Å². The third-order valence-corrected chi connectivity index (χ3v) is 5.58. The highest BCUT2D eigenvalue weighted by atomic mass is 19.1. The van der Waals surface area contributed by atoms with E-state index in [4.69, 9.17) is 4.98 Å². The number of nitrogens with zero attached hydrogens (tertiary/aromatic N) is 4. The second-order valence-corrected chi connectivity index (χ2v) is 7.57. The number of imidazole rings is 1. The first-order chi connectivity index (χ1) is 13.5. The molecule has 1 N–H and O–H groups in total. The zero-order chi connectivity index (χ0) is 19.9. The predicted molar refractivity (Wildman–Crippen MR) is 109 cm³/mol. The van der Waals surface area contributed by atoms with E-state index in [-0.39, 0.29) is 11.2 Å². The summed E-state index contributed by atoms with van der Waals surface area (Å²) in [6.07, 6.45) is 5.33. The minimum Gasteiger partial charge on any atom is -0.367 e. The Bertz CT molecular complexity index is 1040. The molecule has 2 heterocycles. The third-order valence-electron chi connectivity index (χ3n) is 5.58. The topological polar surface area (TPSA) is 63.1 Å². The summed E-state index contributed by atoms with van der Waals surface area (Å²) in [5.74, 6) is 1.15. The van der Waals surface area contributed by atoms with Crippen LogP contribution in [0, 0.1) is 11.2 Å². The lowest BCUT2D eigenvalue weighted by molar-refractivity contribution is -0.111. The van der Waals surface area contributed by atoms with Gasteiger partial charge in [0.05, 0.1) is 11.8 Å². The van der Waals surface area contributed by atoms with Crippen LogP contribution in [0.3, 0.4) is 0 Å². The molecule has 2 aromatic heterocycles. The molecule has 1 aliphatic rings. The molecular weight excluding hydrogens is 357 g/mol. The van der Waals surface area contributed by atoms with Crippen LogP contribution >= 0.6 is 0 Å². The fourth-order valence-electron chi connectivity index (χ4n) is 3.45. The zero-order valence-corrected chi connectivity index (χ0v) is 16.4. The van der Waals surface area contributed by atoms with Gasteiger partial charge in [-0.2, -0.15) is 0 Å². The van der Waals surface area contributed by atoms with Crippen LogP contribution < -0.4 is 10.2 Å². The van der Waals surface area contributed by atoms with E-state index in [2.05, 4.69) is 10.3 Å².